The van der Waals surface area contributed by atoms with Crippen molar-refractivity contribution < 1.29 is 4.79 Å². The lowest BCUT2D eigenvalue weighted by Crippen LogP contribution is -1.78. The number of hydrogen-bond donors (Lipinski definition) is 0. The minimum Gasteiger partial charge on any atom is -0.303 e. The number of rotatable bonds is 7. The van der Waals surface area contributed by atoms with Crippen LogP contribution in [-0.4, -0.2) is 6.29 Å². The van der Waals surface area contributed by atoms with Gasteiger partial charge in [-0.1, -0.05) is 52.7 Å². The first kappa shape index (κ1) is 13.2. The van der Waals surface area contributed by atoms with Crippen molar-refractivity contribution >= 4 is 28.3 Å². The summed E-state index contributed by atoms with van der Waals surface area (Å²) in [6, 6.07) is 8.19. The number of carbonyl (C=O) groups is 1. The molecule has 1 nitrogen and oxygen atoms in total. The number of benzene rings is 1. The molecule has 0 aromatic heterocycles. The minimum atomic E-state index is 0.702. The number of carbonyl (C=O) groups excluding carboxylic acids is 1. The molecule has 1 rings (SSSR count). The monoisotopic (exact) mass is 280 g/mol. The van der Waals surface area contributed by atoms with Crippen molar-refractivity contribution in [3.63, 3.8) is 0 Å². The smallest absolute Gasteiger partial charge is 0.119 e. The molecular weight excluding hydrogens is 264 g/mol. The highest BCUT2D eigenvalue weighted by atomic mass is 79.9. The maximum Gasteiger partial charge on any atom is 0.119 e. The van der Waals surface area contributed by atoms with Gasteiger partial charge in [-0.25, -0.2) is 0 Å². The molecule has 0 aliphatic carbocycles. The lowest BCUT2D eigenvalue weighted by atomic mass is 10.1. The molecule has 0 fully saturated rings. The van der Waals surface area contributed by atoms with Crippen LogP contribution >= 0.6 is 15.9 Å². The molecule has 86 valence electrons. The van der Waals surface area contributed by atoms with Crippen molar-refractivity contribution in [3.05, 3.63) is 40.4 Å². The molecular formula is C14H17BrO. The first-order valence-corrected chi connectivity index (χ1v) is 6.48. The van der Waals surface area contributed by atoms with Crippen molar-refractivity contribution in [2.24, 2.45) is 0 Å². The Morgan fingerprint density at radius 3 is 2.56 bits per heavy atom. The average molecular weight is 281 g/mol. The summed E-state index contributed by atoms with van der Waals surface area (Å²) in [6.07, 6.45) is 10.4. The molecule has 2 heteroatoms. The molecule has 0 atom stereocenters. The standard InChI is InChI=1S/C14H17BrO/c15-14-11-7-6-10-13(14)9-5-3-1-2-4-8-12-16/h5-7,9-12H,1-4,8H2/b9-5+. The predicted molar refractivity (Wildman–Crippen MR) is 72.3 cm³/mol. The number of aldehydes is 1. The summed E-state index contributed by atoms with van der Waals surface area (Å²) in [5.74, 6) is 0. The van der Waals surface area contributed by atoms with E-state index in [1.54, 1.807) is 0 Å². The molecule has 0 unspecified atom stereocenters. The zero-order valence-corrected chi connectivity index (χ0v) is 10.9. The van der Waals surface area contributed by atoms with E-state index in [4.69, 9.17) is 0 Å². The summed E-state index contributed by atoms with van der Waals surface area (Å²) in [7, 11) is 0. The molecule has 1 aromatic rings. The van der Waals surface area contributed by atoms with Gasteiger partial charge in [0.25, 0.3) is 0 Å². The van der Waals surface area contributed by atoms with E-state index in [0.29, 0.717) is 6.42 Å². The third kappa shape index (κ3) is 5.26. The average Bonchev–Trinajstić information content (AvgIpc) is 2.30. The Bertz CT molecular complexity index is 344. The molecule has 0 aliphatic rings. The molecule has 0 aliphatic heterocycles. The molecule has 0 amide bonds. The summed E-state index contributed by atoms with van der Waals surface area (Å²) in [5.41, 5.74) is 1.22. The summed E-state index contributed by atoms with van der Waals surface area (Å²) >= 11 is 3.51. The van der Waals surface area contributed by atoms with Crippen LogP contribution in [0, 0.1) is 0 Å². The highest BCUT2D eigenvalue weighted by molar-refractivity contribution is 9.10. The lowest BCUT2D eigenvalue weighted by molar-refractivity contribution is -0.107. The second-order valence-corrected chi connectivity index (χ2v) is 4.58. The van der Waals surface area contributed by atoms with E-state index in [2.05, 4.69) is 34.1 Å². The van der Waals surface area contributed by atoms with Gasteiger partial charge in [0, 0.05) is 10.9 Å². The fraction of sp³-hybridized carbons (Fsp3) is 0.357. The van der Waals surface area contributed by atoms with Gasteiger partial charge in [-0.05, 0) is 30.9 Å². The van der Waals surface area contributed by atoms with Crippen LogP contribution in [0.25, 0.3) is 6.08 Å². The predicted octanol–water partition coefficient (Wildman–Crippen LogP) is 4.61. The Morgan fingerprint density at radius 1 is 1.06 bits per heavy atom. The van der Waals surface area contributed by atoms with Gasteiger partial charge in [-0.15, -0.1) is 0 Å². The van der Waals surface area contributed by atoms with Crippen molar-refractivity contribution in [2.45, 2.75) is 32.1 Å². The molecule has 16 heavy (non-hydrogen) atoms. The van der Waals surface area contributed by atoms with E-state index in [0.717, 1.165) is 36.4 Å². The zero-order valence-electron chi connectivity index (χ0n) is 9.36. The first-order valence-electron chi connectivity index (χ1n) is 5.69. The normalized spacial score (nSPS) is 10.8. The van der Waals surface area contributed by atoms with Crippen molar-refractivity contribution in [3.8, 4) is 0 Å². The second kappa shape index (κ2) is 8.28. The highest BCUT2D eigenvalue weighted by Crippen LogP contribution is 2.17. The van der Waals surface area contributed by atoms with E-state index in [1.807, 2.05) is 18.2 Å². The van der Waals surface area contributed by atoms with E-state index in [-0.39, 0.29) is 0 Å². The van der Waals surface area contributed by atoms with E-state index >= 15 is 0 Å². The highest BCUT2D eigenvalue weighted by Gasteiger charge is 1.92. The number of hydrogen-bond acceptors (Lipinski definition) is 1. The third-order valence-corrected chi connectivity index (χ3v) is 3.12. The van der Waals surface area contributed by atoms with Crippen LogP contribution in [0.2, 0.25) is 0 Å². The molecule has 0 bridgehead atoms. The fourth-order valence-electron chi connectivity index (χ4n) is 1.49. The first-order chi connectivity index (χ1) is 7.84. The van der Waals surface area contributed by atoms with Gasteiger partial charge in [0.1, 0.15) is 6.29 Å². The number of unbranched alkanes of at least 4 members (excludes halogenated alkanes) is 4. The number of allylic oxidation sites excluding steroid dienone is 1. The molecule has 0 saturated carbocycles. The molecule has 1 aromatic carbocycles. The van der Waals surface area contributed by atoms with E-state index in [9.17, 15) is 4.79 Å². The zero-order chi connectivity index (χ0) is 11.6. The lowest BCUT2D eigenvalue weighted by Gasteiger charge is -1.97. The molecule has 0 spiro atoms. The quantitative estimate of drug-likeness (QED) is 0.527. The van der Waals surface area contributed by atoms with Crippen LogP contribution in [0.1, 0.15) is 37.7 Å². The second-order valence-electron chi connectivity index (χ2n) is 3.73. The Labute approximate surface area is 106 Å². The van der Waals surface area contributed by atoms with Crippen LogP contribution in [-0.2, 0) is 4.79 Å². The summed E-state index contributed by atoms with van der Waals surface area (Å²) in [5, 5.41) is 0. The Hall–Kier alpha value is -0.890. The molecule has 0 radical (unpaired) electrons. The molecule has 0 heterocycles. The third-order valence-electron chi connectivity index (χ3n) is 2.40. The Kier molecular flexibility index (Phi) is 6.82. The maximum absolute atomic E-state index is 10.1. The molecule has 0 saturated heterocycles. The maximum atomic E-state index is 10.1. The number of halogens is 1. The summed E-state index contributed by atoms with van der Waals surface area (Å²) in [4.78, 5) is 10.1. The van der Waals surface area contributed by atoms with Gasteiger partial charge < -0.3 is 4.79 Å². The van der Waals surface area contributed by atoms with Crippen LogP contribution in [0.5, 0.6) is 0 Å². The van der Waals surface area contributed by atoms with Gasteiger partial charge in [-0.2, -0.15) is 0 Å². The van der Waals surface area contributed by atoms with Crippen molar-refractivity contribution in [1.29, 1.82) is 0 Å². The Balaban J connectivity index is 2.22. The largest absolute Gasteiger partial charge is 0.303 e. The summed E-state index contributed by atoms with van der Waals surface area (Å²) < 4.78 is 1.13. The van der Waals surface area contributed by atoms with E-state index < -0.39 is 0 Å². The van der Waals surface area contributed by atoms with Gasteiger partial charge in [0.2, 0.25) is 0 Å². The van der Waals surface area contributed by atoms with Crippen molar-refractivity contribution in [1.82, 2.24) is 0 Å². The topological polar surface area (TPSA) is 17.1 Å². The van der Waals surface area contributed by atoms with Crippen LogP contribution < -0.4 is 0 Å². The fourth-order valence-corrected chi connectivity index (χ4v) is 1.90. The van der Waals surface area contributed by atoms with Gasteiger partial charge in [0.15, 0.2) is 0 Å². The van der Waals surface area contributed by atoms with Crippen LogP contribution in [0.15, 0.2) is 34.8 Å². The van der Waals surface area contributed by atoms with Crippen LogP contribution in [0.3, 0.4) is 0 Å². The molecule has 0 N–H and O–H groups in total. The Morgan fingerprint density at radius 2 is 1.81 bits per heavy atom. The van der Waals surface area contributed by atoms with Gasteiger partial charge in [-0.3, -0.25) is 0 Å². The van der Waals surface area contributed by atoms with Gasteiger partial charge in [0.05, 0.1) is 0 Å². The van der Waals surface area contributed by atoms with Crippen molar-refractivity contribution in [2.75, 3.05) is 0 Å². The van der Waals surface area contributed by atoms with Gasteiger partial charge >= 0.3 is 0 Å². The SMILES string of the molecule is O=CCCCCC/C=C/c1ccccc1Br. The minimum absolute atomic E-state index is 0.702. The summed E-state index contributed by atoms with van der Waals surface area (Å²) in [6.45, 7) is 0. The van der Waals surface area contributed by atoms with Crippen LogP contribution in [0.4, 0.5) is 0 Å². The van der Waals surface area contributed by atoms with E-state index in [1.165, 1.54) is 5.56 Å².